The van der Waals surface area contributed by atoms with Crippen LogP contribution < -0.4 is 5.32 Å². The van der Waals surface area contributed by atoms with E-state index in [1.165, 1.54) is 11.1 Å². The van der Waals surface area contributed by atoms with Crippen molar-refractivity contribution in [3.8, 4) is 0 Å². The Balaban J connectivity index is 1.25. The Bertz CT molecular complexity index is 641. The minimum atomic E-state index is 0.0140. The van der Waals surface area contributed by atoms with Crippen LogP contribution in [0.15, 0.2) is 24.3 Å². The van der Waals surface area contributed by atoms with Crippen molar-refractivity contribution in [3.05, 3.63) is 35.4 Å². The first-order chi connectivity index (χ1) is 11.7. The number of carbonyl (C=O) groups is 2. The molecular formula is C19H25N3O2. The molecule has 1 saturated carbocycles. The Morgan fingerprint density at radius 3 is 2.58 bits per heavy atom. The van der Waals surface area contributed by atoms with Crippen LogP contribution in [-0.4, -0.2) is 54.5 Å². The summed E-state index contributed by atoms with van der Waals surface area (Å²) >= 11 is 0. The van der Waals surface area contributed by atoms with Gasteiger partial charge in [-0.15, -0.1) is 0 Å². The van der Waals surface area contributed by atoms with Gasteiger partial charge in [-0.1, -0.05) is 24.3 Å². The lowest BCUT2D eigenvalue weighted by Crippen LogP contribution is -2.44. The minimum Gasteiger partial charge on any atom is -0.341 e. The number of nitrogens with zero attached hydrogens (tertiary/aromatic N) is 2. The third-order valence-electron chi connectivity index (χ3n) is 5.48. The van der Waals surface area contributed by atoms with Crippen LogP contribution in [0.1, 0.15) is 36.3 Å². The van der Waals surface area contributed by atoms with Crippen LogP contribution in [0.3, 0.4) is 0 Å². The average molecular weight is 327 g/mol. The second-order valence-corrected chi connectivity index (χ2v) is 7.23. The molecule has 3 amide bonds. The summed E-state index contributed by atoms with van der Waals surface area (Å²) in [4.78, 5) is 28.4. The van der Waals surface area contributed by atoms with Gasteiger partial charge in [0.05, 0.1) is 0 Å². The van der Waals surface area contributed by atoms with Gasteiger partial charge in [0.25, 0.3) is 0 Å². The van der Waals surface area contributed by atoms with Gasteiger partial charge in [0.15, 0.2) is 0 Å². The summed E-state index contributed by atoms with van der Waals surface area (Å²) in [5.74, 6) is 1.01. The normalized spacial score (nSPS) is 23.1. The molecule has 4 rings (SSSR count). The Kier molecular flexibility index (Phi) is 4.17. The molecule has 3 aliphatic rings. The molecule has 24 heavy (non-hydrogen) atoms. The quantitative estimate of drug-likeness (QED) is 0.923. The van der Waals surface area contributed by atoms with Gasteiger partial charge in [-0.25, -0.2) is 4.79 Å². The second-order valence-electron chi connectivity index (χ2n) is 7.23. The first-order valence-corrected chi connectivity index (χ1v) is 9.12. The molecule has 1 heterocycles. The van der Waals surface area contributed by atoms with Crippen molar-refractivity contribution in [3.63, 3.8) is 0 Å². The fraction of sp³-hybridized carbons (Fsp3) is 0.579. The molecule has 5 nitrogen and oxygen atoms in total. The van der Waals surface area contributed by atoms with Crippen LogP contribution in [0, 0.1) is 5.92 Å². The zero-order chi connectivity index (χ0) is 16.5. The number of carbonyl (C=O) groups excluding carboxylic acids is 2. The van der Waals surface area contributed by atoms with Gasteiger partial charge in [0, 0.05) is 44.6 Å². The Labute approximate surface area is 143 Å². The molecule has 0 aromatic heterocycles. The predicted octanol–water partition coefficient (Wildman–Crippen LogP) is 1.98. The van der Waals surface area contributed by atoms with E-state index in [4.69, 9.17) is 0 Å². The molecule has 0 bridgehead atoms. The maximum atomic E-state index is 12.4. The van der Waals surface area contributed by atoms with Crippen molar-refractivity contribution >= 4 is 11.9 Å². The first-order valence-electron chi connectivity index (χ1n) is 9.12. The maximum absolute atomic E-state index is 12.4. The Hall–Kier alpha value is -2.04. The summed E-state index contributed by atoms with van der Waals surface area (Å²) < 4.78 is 0. The van der Waals surface area contributed by atoms with E-state index in [0.29, 0.717) is 31.5 Å². The van der Waals surface area contributed by atoms with Gasteiger partial charge in [0.1, 0.15) is 0 Å². The van der Waals surface area contributed by atoms with Crippen LogP contribution in [-0.2, 0) is 11.2 Å². The molecule has 128 valence electrons. The maximum Gasteiger partial charge on any atom is 0.317 e. The summed E-state index contributed by atoms with van der Waals surface area (Å²) in [6, 6.07) is 8.46. The predicted molar refractivity (Wildman–Crippen MR) is 91.8 cm³/mol. The lowest BCUT2D eigenvalue weighted by atomic mass is 9.78. The van der Waals surface area contributed by atoms with Crippen LogP contribution in [0.25, 0.3) is 0 Å². The van der Waals surface area contributed by atoms with Crippen LogP contribution >= 0.6 is 0 Å². The summed E-state index contributed by atoms with van der Waals surface area (Å²) in [5.41, 5.74) is 2.77. The molecule has 0 spiro atoms. The van der Waals surface area contributed by atoms with Crippen molar-refractivity contribution in [2.75, 3.05) is 32.7 Å². The van der Waals surface area contributed by atoms with Gasteiger partial charge in [-0.3, -0.25) is 4.79 Å². The number of urea groups is 1. The van der Waals surface area contributed by atoms with Gasteiger partial charge in [-0.2, -0.15) is 0 Å². The van der Waals surface area contributed by atoms with Crippen LogP contribution in [0.5, 0.6) is 0 Å². The summed E-state index contributed by atoms with van der Waals surface area (Å²) in [6.45, 7) is 3.55. The molecule has 1 aromatic rings. The smallest absolute Gasteiger partial charge is 0.317 e. The highest BCUT2D eigenvalue weighted by atomic mass is 16.2. The number of hydrogen-bond acceptors (Lipinski definition) is 2. The number of benzene rings is 1. The monoisotopic (exact) mass is 327 g/mol. The highest BCUT2D eigenvalue weighted by Gasteiger charge is 2.34. The fourth-order valence-corrected chi connectivity index (χ4v) is 3.80. The molecular weight excluding hydrogens is 302 g/mol. The van der Waals surface area contributed by atoms with E-state index in [1.807, 2.05) is 9.80 Å². The van der Waals surface area contributed by atoms with Gasteiger partial charge < -0.3 is 15.1 Å². The molecule has 1 saturated heterocycles. The van der Waals surface area contributed by atoms with Crippen molar-refractivity contribution < 1.29 is 9.59 Å². The number of hydrogen-bond donors (Lipinski definition) is 1. The van der Waals surface area contributed by atoms with Gasteiger partial charge in [0.2, 0.25) is 5.91 Å². The van der Waals surface area contributed by atoms with Crippen molar-refractivity contribution in [1.82, 2.24) is 15.1 Å². The molecule has 1 aromatic carbocycles. The van der Waals surface area contributed by atoms with E-state index in [1.54, 1.807) is 0 Å². The zero-order valence-corrected chi connectivity index (χ0v) is 14.0. The molecule has 0 radical (unpaired) electrons. The largest absolute Gasteiger partial charge is 0.341 e. The zero-order valence-electron chi connectivity index (χ0n) is 14.0. The molecule has 5 heteroatoms. The third-order valence-corrected chi connectivity index (χ3v) is 5.48. The highest BCUT2D eigenvalue weighted by Crippen LogP contribution is 2.34. The van der Waals surface area contributed by atoms with E-state index < -0.39 is 0 Å². The van der Waals surface area contributed by atoms with Crippen LogP contribution in [0.4, 0.5) is 4.79 Å². The number of fused-ring (bicyclic) bond motifs is 1. The highest BCUT2D eigenvalue weighted by molar-refractivity contribution is 5.81. The molecule has 2 fully saturated rings. The van der Waals surface area contributed by atoms with Crippen molar-refractivity contribution in [1.29, 1.82) is 0 Å². The lowest BCUT2D eigenvalue weighted by molar-refractivity contribution is -0.132. The van der Waals surface area contributed by atoms with Crippen molar-refractivity contribution in [2.24, 2.45) is 5.92 Å². The Morgan fingerprint density at radius 2 is 1.79 bits per heavy atom. The topological polar surface area (TPSA) is 52.7 Å². The van der Waals surface area contributed by atoms with Crippen LogP contribution in [0.2, 0.25) is 0 Å². The SMILES string of the molecule is O=C(NC[C@@H]1Cc2ccccc21)N1CCCN(C(=O)C2CC2)CC1. The minimum absolute atomic E-state index is 0.0140. The van der Waals surface area contributed by atoms with Crippen molar-refractivity contribution in [2.45, 2.75) is 31.6 Å². The standard InChI is InChI=1S/C19H25N3O2/c23-18(14-6-7-14)21-8-3-9-22(11-10-21)19(24)20-13-16-12-15-4-1-2-5-17(15)16/h1-2,4-5,14,16H,3,6-13H2,(H,20,24)/t16-/m0/s1. The third kappa shape index (κ3) is 3.12. The second kappa shape index (κ2) is 6.46. The van der Waals surface area contributed by atoms with Gasteiger partial charge >= 0.3 is 6.03 Å². The summed E-state index contributed by atoms with van der Waals surface area (Å²) in [6.07, 6.45) is 4.02. The van der Waals surface area contributed by atoms with E-state index in [2.05, 4.69) is 29.6 Å². The van der Waals surface area contributed by atoms with E-state index in [-0.39, 0.29) is 11.9 Å². The number of nitrogens with one attached hydrogen (secondary N) is 1. The summed E-state index contributed by atoms with van der Waals surface area (Å²) in [5, 5.41) is 3.09. The van der Waals surface area contributed by atoms with E-state index >= 15 is 0 Å². The molecule has 1 N–H and O–H groups in total. The average Bonchev–Trinajstić information content (AvgIpc) is 3.41. The lowest BCUT2D eigenvalue weighted by Gasteiger charge is -2.31. The fourth-order valence-electron chi connectivity index (χ4n) is 3.80. The number of amides is 3. The molecule has 1 atom stereocenters. The molecule has 1 aliphatic heterocycles. The Morgan fingerprint density at radius 1 is 1.04 bits per heavy atom. The van der Waals surface area contributed by atoms with Gasteiger partial charge in [-0.05, 0) is 36.8 Å². The van der Waals surface area contributed by atoms with E-state index in [0.717, 1.165) is 38.8 Å². The first kappa shape index (κ1) is 15.5. The number of rotatable bonds is 3. The molecule has 0 unspecified atom stereocenters. The summed E-state index contributed by atoms with van der Waals surface area (Å²) in [7, 11) is 0. The molecule has 2 aliphatic carbocycles. The van der Waals surface area contributed by atoms with E-state index in [9.17, 15) is 9.59 Å².